The lowest BCUT2D eigenvalue weighted by atomic mass is 10.0. The van der Waals surface area contributed by atoms with E-state index in [2.05, 4.69) is 21.8 Å². The topological polar surface area (TPSA) is 29.9 Å². The van der Waals surface area contributed by atoms with Crippen molar-refractivity contribution in [1.29, 1.82) is 0 Å². The van der Waals surface area contributed by atoms with Crippen LogP contribution < -0.4 is 5.32 Å². The summed E-state index contributed by atoms with van der Waals surface area (Å²) in [5.41, 5.74) is 0.759. The van der Waals surface area contributed by atoms with Crippen LogP contribution in [0.25, 0.3) is 0 Å². The summed E-state index contributed by atoms with van der Waals surface area (Å²) in [5, 5.41) is 3.35. The number of halogens is 2. The molecule has 0 bridgehead atoms. The van der Waals surface area contributed by atoms with Crippen molar-refractivity contribution >= 4 is 11.6 Å². The minimum atomic E-state index is -0.391. The summed E-state index contributed by atoms with van der Waals surface area (Å²) in [6.07, 6.45) is 4.38. The molecule has 0 saturated carbocycles. The fraction of sp³-hybridized carbons (Fsp3) is 0.357. The maximum atomic E-state index is 13.5. The van der Waals surface area contributed by atoms with Gasteiger partial charge in [0.2, 0.25) is 0 Å². The van der Waals surface area contributed by atoms with Crippen molar-refractivity contribution in [1.82, 2.24) is 14.9 Å². The second-order valence-electron chi connectivity index (χ2n) is 4.32. The second kappa shape index (κ2) is 6.17. The summed E-state index contributed by atoms with van der Waals surface area (Å²) in [5.74, 6) is 0.570. The van der Waals surface area contributed by atoms with Crippen molar-refractivity contribution in [2.24, 2.45) is 0 Å². The molecule has 0 aliphatic rings. The zero-order valence-corrected chi connectivity index (χ0v) is 11.8. The van der Waals surface area contributed by atoms with Crippen LogP contribution in [0, 0.1) is 5.82 Å². The minimum absolute atomic E-state index is 0.0594. The molecule has 0 aliphatic carbocycles. The summed E-state index contributed by atoms with van der Waals surface area (Å²) in [4.78, 5) is 4.34. The number of rotatable bonds is 5. The number of nitrogens with zero attached hydrogens (tertiary/aromatic N) is 2. The number of imidazole rings is 1. The van der Waals surface area contributed by atoms with E-state index in [1.54, 1.807) is 12.3 Å². The Labute approximate surface area is 117 Å². The van der Waals surface area contributed by atoms with Gasteiger partial charge in [-0.2, -0.15) is 0 Å². The van der Waals surface area contributed by atoms with Gasteiger partial charge in [-0.15, -0.1) is 0 Å². The normalized spacial score (nSPS) is 12.6. The fourth-order valence-corrected chi connectivity index (χ4v) is 2.42. The van der Waals surface area contributed by atoms with Crippen molar-refractivity contribution in [3.05, 3.63) is 52.8 Å². The van der Waals surface area contributed by atoms with Gasteiger partial charge in [0.25, 0.3) is 0 Å². The molecule has 1 heterocycles. The molecule has 0 aliphatic heterocycles. The highest BCUT2D eigenvalue weighted by Crippen LogP contribution is 2.27. The third-order valence-corrected chi connectivity index (χ3v) is 3.63. The van der Waals surface area contributed by atoms with Gasteiger partial charge in [-0.25, -0.2) is 9.37 Å². The molecule has 2 rings (SSSR count). The van der Waals surface area contributed by atoms with Gasteiger partial charge in [-0.1, -0.05) is 23.7 Å². The summed E-state index contributed by atoms with van der Waals surface area (Å²) < 4.78 is 15.6. The Morgan fingerprint density at radius 3 is 2.95 bits per heavy atom. The predicted octanol–water partition coefficient (Wildman–Crippen LogP) is 3.20. The van der Waals surface area contributed by atoms with Crippen molar-refractivity contribution in [2.75, 3.05) is 7.05 Å². The molecule has 1 aromatic carbocycles. The van der Waals surface area contributed by atoms with Crippen molar-refractivity contribution < 1.29 is 4.39 Å². The summed E-state index contributed by atoms with van der Waals surface area (Å²) in [6, 6.07) is 4.82. The van der Waals surface area contributed by atoms with Gasteiger partial charge in [0.1, 0.15) is 11.6 Å². The quantitative estimate of drug-likeness (QED) is 0.912. The first kappa shape index (κ1) is 14.0. The lowest BCUT2D eigenvalue weighted by Gasteiger charge is -2.18. The van der Waals surface area contributed by atoms with Crippen molar-refractivity contribution in [3.8, 4) is 0 Å². The predicted molar refractivity (Wildman–Crippen MR) is 74.8 cm³/mol. The first-order valence-corrected chi connectivity index (χ1v) is 6.66. The third-order valence-electron chi connectivity index (χ3n) is 3.23. The van der Waals surface area contributed by atoms with E-state index in [1.807, 2.05) is 19.3 Å². The van der Waals surface area contributed by atoms with Crippen LogP contribution in [-0.2, 0) is 13.0 Å². The third kappa shape index (κ3) is 2.96. The Morgan fingerprint density at radius 1 is 1.47 bits per heavy atom. The van der Waals surface area contributed by atoms with Crippen LogP contribution in [0.5, 0.6) is 0 Å². The molecule has 5 heteroatoms. The Hall–Kier alpha value is -1.39. The monoisotopic (exact) mass is 281 g/mol. The Bertz CT molecular complexity index is 553. The molecular formula is C14H17ClFN3. The van der Waals surface area contributed by atoms with E-state index < -0.39 is 5.82 Å². The highest BCUT2D eigenvalue weighted by atomic mass is 35.5. The molecule has 1 aromatic heterocycles. The van der Waals surface area contributed by atoms with Crippen LogP contribution in [0.3, 0.4) is 0 Å². The number of nitrogens with one attached hydrogen (secondary N) is 1. The number of aromatic nitrogens is 2. The Balaban J connectivity index is 2.28. The highest BCUT2D eigenvalue weighted by molar-refractivity contribution is 6.31. The molecule has 19 heavy (non-hydrogen) atoms. The van der Waals surface area contributed by atoms with Crippen LogP contribution in [0.1, 0.15) is 24.4 Å². The zero-order chi connectivity index (χ0) is 13.8. The number of aryl methyl sites for hydroxylation is 1. The van der Waals surface area contributed by atoms with E-state index in [4.69, 9.17) is 11.6 Å². The average molecular weight is 282 g/mol. The standard InChI is InChI=1S/C14H17ClFN3/c1-3-19-8-7-18-13(19)9-12(17-2)10-5-4-6-11(16)14(10)15/h4-8,12,17H,3,9H2,1-2H3. The number of hydrogen-bond donors (Lipinski definition) is 1. The largest absolute Gasteiger partial charge is 0.335 e. The second-order valence-corrected chi connectivity index (χ2v) is 4.70. The van der Waals surface area contributed by atoms with E-state index >= 15 is 0 Å². The van der Waals surface area contributed by atoms with E-state index in [0.29, 0.717) is 6.42 Å². The Kier molecular flexibility index (Phi) is 4.56. The molecule has 0 fully saturated rings. The van der Waals surface area contributed by atoms with Gasteiger partial charge < -0.3 is 9.88 Å². The average Bonchev–Trinajstić information content (AvgIpc) is 2.87. The van der Waals surface area contributed by atoms with Crippen LogP contribution in [0.4, 0.5) is 4.39 Å². The Morgan fingerprint density at radius 2 is 2.26 bits per heavy atom. The lowest BCUT2D eigenvalue weighted by molar-refractivity contribution is 0.546. The summed E-state index contributed by atoms with van der Waals surface area (Å²) in [6.45, 7) is 2.93. The smallest absolute Gasteiger partial charge is 0.142 e. The molecule has 1 atom stereocenters. The van der Waals surface area contributed by atoms with E-state index in [0.717, 1.165) is 17.9 Å². The number of likely N-dealkylation sites (N-methyl/N-ethyl adjacent to an activating group) is 1. The molecule has 2 aromatic rings. The SMILES string of the molecule is CCn1ccnc1CC(NC)c1cccc(F)c1Cl. The molecule has 0 radical (unpaired) electrons. The maximum Gasteiger partial charge on any atom is 0.142 e. The van der Waals surface area contributed by atoms with Gasteiger partial charge in [0.15, 0.2) is 0 Å². The van der Waals surface area contributed by atoms with Crippen molar-refractivity contribution in [3.63, 3.8) is 0 Å². The van der Waals surface area contributed by atoms with Crippen LogP contribution in [-0.4, -0.2) is 16.6 Å². The molecule has 0 amide bonds. The van der Waals surface area contributed by atoms with Gasteiger partial charge in [0.05, 0.1) is 5.02 Å². The van der Waals surface area contributed by atoms with Gasteiger partial charge in [-0.3, -0.25) is 0 Å². The lowest BCUT2D eigenvalue weighted by Crippen LogP contribution is -2.21. The van der Waals surface area contributed by atoms with Crippen LogP contribution in [0.2, 0.25) is 5.02 Å². The number of hydrogen-bond acceptors (Lipinski definition) is 2. The van der Waals surface area contributed by atoms with Crippen LogP contribution in [0.15, 0.2) is 30.6 Å². The van der Waals surface area contributed by atoms with E-state index in [-0.39, 0.29) is 11.1 Å². The van der Waals surface area contributed by atoms with Crippen LogP contribution >= 0.6 is 11.6 Å². The molecule has 1 unspecified atom stereocenters. The molecule has 102 valence electrons. The van der Waals surface area contributed by atoms with Crippen molar-refractivity contribution in [2.45, 2.75) is 25.9 Å². The van der Waals surface area contributed by atoms with Gasteiger partial charge in [0, 0.05) is 31.4 Å². The summed E-state index contributed by atoms with van der Waals surface area (Å²) in [7, 11) is 1.84. The zero-order valence-electron chi connectivity index (χ0n) is 11.0. The first-order chi connectivity index (χ1) is 9.17. The summed E-state index contributed by atoms with van der Waals surface area (Å²) >= 11 is 6.04. The van der Waals surface area contributed by atoms with E-state index in [9.17, 15) is 4.39 Å². The fourth-order valence-electron chi connectivity index (χ4n) is 2.16. The molecule has 3 nitrogen and oxygen atoms in total. The first-order valence-electron chi connectivity index (χ1n) is 6.28. The minimum Gasteiger partial charge on any atom is -0.335 e. The molecule has 0 saturated heterocycles. The molecule has 0 spiro atoms. The van der Waals surface area contributed by atoms with Gasteiger partial charge in [-0.05, 0) is 25.6 Å². The molecule has 1 N–H and O–H groups in total. The van der Waals surface area contributed by atoms with E-state index in [1.165, 1.54) is 6.07 Å². The van der Waals surface area contributed by atoms with Gasteiger partial charge >= 0.3 is 0 Å². The molecular weight excluding hydrogens is 265 g/mol. The maximum absolute atomic E-state index is 13.5. The number of benzene rings is 1. The highest BCUT2D eigenvalue weighted by Gasteiger charge is 2.17.